The second-order valence-corrected chi connectivity index (χ2v) is 5.90. The molecule has 0 N–H and O–H groups in total. The standard InChI is InChI=1S/C15H21FN2O2/c1-11(2)13-5-7-17(8-6-13)10-12-3-4-15(18(19)20)14(16)9-12/h3-4,9,11,13H,5-8,10H2,1-2H3. The van der Waals surface area contributed by atoms with Crippen molar-refractivity contribution in [3.63, 3.8) is 0 Å². The monoisotopic (exact) mass is 280 g/mol. The highest BCUT2D eigenvalue weighted by molar-refractivity contribution is 5.34. The van der Waals surface area contributed by atoms with Crippen molar-refractivity contribution in [3.8, 4) is 0 Å². The van der Waals surface area contributed by atoms with Crippen LogP contribution in [0, 0.1) is 27.8 Å². The van der Waals surface area contributed by atoms with Gasteiger partial charge >= 0.3 is 5.69 Å². The van der Waals surface area contributed by atoms with Crippen LogP contribution in [0.4, 0.5) is 10.1 Å². The van der Waals surface area contributed by atoms with Crippen LogP contribution in [-0.4, -0.2) is 22.9 Å². The number of piperidine rings is 1. The molecule has 1 aromatic rings. The number of halogens is 1. The molecule has 1 saturated heterocycles. The number of hydrogen-bond donors (Lipinski definition) is 0. The minimum atomic E-state index is -0.746. The Labute approximate surface area is 118 Å². The predicted molar refractivity (Wildman–Crippen MR) is 75.9 cm³/mol. The summed E-state index contributed by atoms with van der Waals surface area (Å²) in [6, 6.07) is 4.19. The Morgan fingerprint density at radius 1 is 1.40 bits per heavy atom. The van der Waals surface area contributed by atoms with Gasteiger partial charge in [-0.2, -0.15) is 4.39 Å². The topological polar surface area (TPSA) is 46.4 Å². The molecule has 20 heavy (non-hydrogen) atoms. The first-order valence-corrected chi connectivity index (χ1v) is 7.12. The summed E-state index contributed by atoms with van der Waals surface area (Å²) in [7, 11) is 0. The Kier molecular flexibility index (Phi) is 4.70. The van der Waals surface area contributed by atoms with E-state index in [-0.39, 0.29) is 0 Å². The zero-order valence-electron chi connectivity index (χ0n) is 12.0. The van der Waals surface area contributed by atoms with Crippen LogP contribution in [-0.2, 0) is 6.54 Å². The molecular weight excluding hydrogens is 259 g/mol. The van der Waals surface area contributed by atoms with E-state index in [0.29, 0.717) is 12.5 Å². The van der Waals surface area contributed by atoms with E-state index in [4.69, 9.17) is 0 Å². The van der Waals surface area contributed by atoms with Gasteiger partial charge in [0.2, 0.25) is 5.82 Å². The summed E-state index contributed by atoms with van der Waals surface area (Å²) in [5.41, 5.74) is 0.350. The van der Waals surface area contributed by atoms with E-state index in [0.717, 1.165) is 24.6 Å². The molecule has 0 aliphatic carbocycles. The molecule has 1 aliphatic heterocycles. The lowest BCUT2D eigenvalue weighted by Crippen LogP contribution is -2.34. The van der Waals surface area contributed by atoms with E-state index in [9.17, 15) is 14.5 Å². The van der Waals surface area contributed by atoms with E-state index >= 15 is 0 Å². The van der Waals surface area contributed by atoms with Gasteiger partial charge in [0, 0.05) is 12.6 Å². The van der Waals surface area contributed by atoms with Gasteiger partial charge in [0.15, 0.2) is 0 Å². The number of nitro benzene ring substituents is 1. The first kappa shape index (κ1) is 14.9. The molecule has 1 fully saturated rings. The van der Waals surface area contributed by atoms with Crippen LogP contribution >= 0.6 is 0 Å². The number of rotatable bonds is 4. The summed E-state index contributed by atoms with van der Waals surface area (Å²) >= 11 is 0. The van der Waals surface area contributed by atoms with Gasteiger partial charge in [-0.15, -0.1) is 0 Å². The van der Waals surface area contributed by atoms with Gasteiger partial charge < -0.3 is 0 Å². The van der Waals surface area contributed by atoms with Crippen molar-refractivity contribution in [1.82, 2.24) is 4.90 Å². The number of nitrogens with zero attached hydrogens (tertiary/aromatic N) is 2. The Morgan fingerprint density at radius 2 is 2.05 bits per heavy atom. The SMILES string of the molecule is CC(C)C1CCN(Cc2ccc([N+](=O)[O-])c(F)c2)CC1. The van der Waals surface area contributed by atoms with Crippen LogP contribution in [0.25, 0.3) is 0 Å². The first-order chi connectivity index (χ1) is 9.47. The highest BCUT2D eigenvalue weighted by Gasteiger charge is 2.22. The zero-order valence-corrected chi connectivity index (χ0v) is 12.0. The van der Waals surface area contributed by atoms with E-state index in [1.165, 1.54) is 25.0 Å². The van der Waals surface area contributed by atoms with Crippen LogP contribution in [0.5, 0.6) is 0 Å². The fourth-order valence-electron chi connectivity index (χ4n) is 2.83. The normalized spacial score (nSPS) is 17.6. The second-order valence-electron chi connectivity index (χ2n) is 5.90. The average Bonchev–Trinajstić information content (AvgIpc) is 2.39. The number of nitro groups is 1. The highest BCUT2D eigenvalue weighted by atomic mass is 19.1. The fraction of sp³-hybridized carbons (Fsp3) is 0.600. The van der Waals surface area contributed by atoms with Crippen LogP contribution in [0.1, 0.15) is 32.3 Å². The largest absolute Gasteiger partial charge is 0.304 e. The molecule has 0 radical (unpaired) electrons. The van der Waals surface area contributed by atoms with Gasteiger partial charge in [-0.3, -0.25) is 15.0 Å². The third kappa shape index (κ3) is 3.54. The minimum Gasteiger partial charge on any atom is -0.299 e. The van der Waals surface area contributed by atoms with E-state index in [1.54, 1.807) is 6.07 Å². The van der Waals surface area contributed by atoms with Crippen molar-refractivity contribution < 1.29 is 9.31 Å². The Morgan fingerprint density at radius 3 is 2.55 bits per heavy atom. The van der Waals surface area contributed by atoms with E-state index in [1.807, 2.05) is 0 Å². The summed E-state index contributed by atoms with van der Waals surface area (Å²) in [6.07, 6.45) is 2.35. The summed E-state index contributed by atoms with van der Waals surface area (Å²) in [5, 5.41) is 10.6. The van der Waals surface area contributed by atoms with Crippen LogP contribution in [0.15, 0.2) is 18.2 Å². The third-order valence-electron chi connectivity index (χ3n) is 4.19. The van der Waals surface area contributed by atoms with Crippen molar-refractivity contribution in [2.45, 2.75) is 33.2 Å². The van der Waals surface area contributed by atoms with Gasteiger partial charge in [0.1, 0.15) is 0 Å². The molecule has 0 saturated carbocycles. The van der Waals surface area contributed by atoms with Gasteiger partial charge in [-0.1, -0.05) is 19.9 Å². The van der Waals surface area contributed by atoms with Crippen LogP contribution in [0.2, 0.25) is 0 Å². The summed E-state index contributed by atoms with van der Waals surface area (Å²) < 4.78 is 13.6. The molecule has 1 heterocycles. The number of hydrogen-bond acceptors (Lipinski definition) is 3. The molecule has 0 bridgehead atoms. The maximum absolute atomic E-state index is 13.6. The summed E-state index contributed by atoms with van der Waals surface area (Å²) in [5.74, 6) is 0.749. The number of benzene rings is 1. The molecule has 0 amide bonds. The zero-order chi connectivity index (χ0) is 14.7. The molecule has 2 rings (SSSR count). The molecule has 0 spiro atoms. The average molecular weight is 280 g/mol. The first-order valence-electron chi connectivity index (χ1n) is 7.12. The Hall–Kier alpha value is -1.49. The molecule has 1 aliphatic rings. The van der Waals surface area contributed by atoms with Gasteiger partial charge in [-0.25, -0.2) is 0 Å². The molecule has 1 aromatic carbocycles. The fourth-order valence-corrected chi connectivity index (χ4v) is 2.83. The van der Waals surface area contributed by atoms with Gasteiger partial charge in [-0.05, 0) is 49.4 Å². The lowest BCUT2D eigenvalue weighted by molar-refractivity contribution is -0.387. The van der Waals surface area contributed by atoms with Crippen molar-refractivity contribution >= 4 is 5.69 Å². The summed E-state index contributed by atoms with van der Waals surface area (Å²) in [4.78, 5) is 12.2. The maximum Gasteiger partial charge on any atom is 0.304 e. The highest BCUT2D eigenvalue weighted by Crippen LogP contribution is 2.26. The Bertz CT molecular complexity index is 483. The quantitative estimate of drug-likeness (QED) is 0.625. The summed E-state index contributed by atoms with van der Waals surface area (Å²) in [6.45, 7) is 7.21. The van der Waals surface area contributed by atoms with Gasteiger partial charge in [0.05, 0.1) is 4.92 Å². The second kappa shape index (κ2) is 6.31. The smallest absolute Gasteiger partial charge is 0.299 e. The van der Waals surface area contributed by atoms with E-state index < -0.39 is 16.4 Å². The molecular formula is C15H21FN2O2. The maximum atomic E-state index is 13.6. The van der Waals surface area contributed by atoms with Crippen LogP contribution < -0.4 is 0 Å². The van der Waals surface area contributed by atoms with Crippen molar-refractivity contribution in [3.05, 3.63) is 39.7 Å². The number of likely N-dealkylation sites (tertiary alicyclic amines) is 1. The van der Waals surface area contributed by atoms with Crippen molar-refractivity contribution in [1.29, 1.82) is 0 Å². The molecule has 0 atom stereocenters. The van der Waals surface area contributed by atoms with E-state index in [2.05, 4.69) is 18.7 Å². The van der Waals surface area contributed by atoms with Crippen molar-refractivity contribution in [2.24, 2.45) is 11.8 Å². The molecule has 0 unspecified atom stereocenters. The Balaban J connectivity index is 1.95. The molecule has 4 nitrogen and oxygen atoms in total. The lowest BCUT2D eigenvalue weighted by atomic mass is 9.86. The lowest BCUT2D eigenvalue weighted by Gasteiger charge is -2.33. The molecule has 0 aromatic heterocycles. The molecule has 110 valence electrons. The van der Waals surface area contributed by atoms with Crippen molar-refractivity contribution in [2.75, 3.05) is 13.1 Å². The molecule has 5 heteroatoms. The third-order valence-corrected chi connectivity index (χ3v) is 4.19. The van der Waals surface area contributed by atoms with Crippen LogP contribution in [0.3, 0.4) is 0 Å². The predicted octanol–water partition coefficient (Wildman–Crippen LogP) is 3.60. The van der Waals surface area contributed by atoms with Gasteiger partial charge in [0.25, 0.3) is 0 Å². The minimum absolute atomic E-state index is 0.452.